The first kappa shape index (κ1) is 12.6. The number of aromatic nitrogens is 4. The number of H-pyrrole nitrogens is 2. The standard InChI is InChI=1S/C14H14N4O2/c1-20-8-9-6-14(19)18-12(15-9)7-13-16-10-4-2-3-5-11(10)17-13/h2-6H,7-8H2,1H3,(H,16,17)(H,15,18,19). The van der Waals surface area contributed by atoms with E-state index >= 15 is 0 Å². The van der Waals surface area contributed by atoms with Gasteiger partial charge >= 0.3 is 0 Å². The van der Waals surface area contributed by atoms with Gasteiger partial charge in [0.1, 0.15) is 11.6 Å². The van der Waals surface area contributed by atoms with E-state index in [4.69, 9.17) is 4.74 Å². The maximum absolute atomic E-state index is 11.6. The van der Waals surface area contributed by atoms with E-state index in [1.807, 2.05) is 24.3 Å². The highest BCUT2D eigenvalue weighted by Gasteiger charge is 2.06. The first-order chi connectivity index (χ1) is 9.74. The Hall–Kier alpha value is -2.47. The van der Waals surface area contributed by atoms with Crippen molar-refractivity contribution in [3.8, 4) is 0 Å². The Morgan fingerprint density at radius 2 is 1.95 bits per heavy atom. The number of hydrogen-bond donors (Lipinski definition) is 2. The number of para-hydroxylation sites is 2. The van der Waals surface area contributed by atoms with Crippen LogP contribution in [0.15, 0.2) is 35.1 Å². The Morgan fingerprint density at radius 3 is 2.75 bits per heavy atom. The average Bonchev–Trinajstić information content (AvgIpc) is 2.80. The molecule has 0 aliphatic heterocycles. The molecular formula is C14H14N4O2. The monoisotopic (exact) mass is 270 g/mol. The van der Waals surface area contributed by atoms with E-state index in [1.165, 1.54) is 6.07 Å². The summed E-state index contributed by atoms with van der Waals surface area (Å²) < 4.78 is 5.00. The van der Waals surface area contributed by atoms with Crippen molar-refractivity contribution in [3.63, 3.8) is 0 Å². The van der Waals surface area contributed by atoms with Gasteiger partial charge in [0.15, 0.2) is 0 Å². The summed E-state index contributed by atoms with van der Waals surface area (Å²) in [6.45, 7) is 0.317. The van der Waals surface area contributed by atoms with E-state index < -0.39 is 0 Å². The summed E-state index contributed by atoms with van der Waals surface area (Å²) in [6.07, 6.45) is 0.446. The molecule has 2 N–H and O–H groups in total. The van der Waals surface area contributed by atoms with Crippen LogP contribution in [0.2, 0.25) is 0 Å². The Balaban J connectivity index is 1.92. The fourth-order valence-electron chi connectivity index (χ4n) is 2.12. The molecule has 0 unspecified atom stereocenters. The molecule has 0 saturated carbocycles. The van der Waals surface area contributed by atoms with Crippen molar-refractivity contribution in [3.05, 3.63) is 58.0 Å². The maximum Gasteiger partial charge on any atom is 0.251 e. The molecule has 102 valence electrons. The molecule has 0 bridgehead atoms. The predicted molar refractivity (Wildman–Crippen MR) is 74.5 cm³/mol. The molecule has 0 atom stereocenters. The summed E-state index contributed by atoms with van der Waals surface area (Å²) in [5, 5.41) is 0. The minimum Gasteiger partial charge on any atom is -0.378 e. The average molecular weight is 270 g/mol. The quantitative estimate of drug-likeness (QED) is 0.750. The third kappa shape index (κ3) is 2.60. The lowest BCUT2D eigenvalue weighted by molar-refractivity contribution is 0.181. The summed E-state index contributed by atoms with van der Waals surface area (Å²) in [7, 11) is 1.57. The second-order valence-electron chi connectivity index (χ2n) is 4.49. The van der Waals surface area contributed by atoms with Crippen molar-refractivity contribution in [1.29, 1.82) is 0 Å². The van der Waals surface area contributed by atoms with E-state index in [0.29, 0.717) is 24.5 Å². The van der Waals surface area contributed by atoms with Crippen LogP contribution in [0.4, 0.5) is 0 Å². The van der Waals surface area contributed by atoms with E-state index in [2.05, 4.69) is 19.9 Å². The second kappa shape index (κ2) is 5.26. The van der Waals surface area contributed by atoms with Crippen molar-refractivity contribution in [1.82, 2.24) is 19.9 Å². The van der Waals surface area contributed by atoms with E-state index in [0.717, 1.165) is 16.9 Å². The summed E-state index contributed by atoms with van der Waals surface area (Å²) in [4.78, 5) is 26.3. The fourth-order valence-corrected chi connectivity index (χ4v) is 2.12. The number of imidazole rings is 1. The zero-order chi connectivity index (χ0) is 13.9. The van der Waals surface area contributed by atoms with Gasteiger partial charge in [0.25, 0.3) is 5.56 Å². The molecule has 2 heterocycles. The lowest BCUT2D eigenvalue weighted by Crippen LogP contribution is -2.13. The van der Waals surface area contributed by atoms with Gasteiger partial charge in [0, 0.05) is 13.2 Å². The zero-order valence-electron chi connectivity index (χ0n) is 11.0. The number of nitrogens with one attached hydrogen (secondary N) is 2. The topological polar surface area (TPSA) is 83.7 Å². The predicted octanol–water partition coefficient (Wildman–Crippen LogP) is 1.38. The van der Waals surface area contributed by atoms with Crippen molar-refractivity contribution < 1.29 is 4.74 Å². The number of hydrogen-bond acceptors (Lipinski definition) is 4. The SMILES string of the molecule is COCc1cc(=O)[nH]c(Cc2nc3ccccc3[nH]2)n1. The van der Waals surface area contributed by atoms with E-state index in [1.54, 1.807) is 7.11 Å². The largest absolute Gasteiger partial charge is 0.378 e. The van der Waals surface area contributed by atoms with Crippen LogP contribution in [-0.4, -0.2) is 27.0 Å². The molecule has 3 aromatic rings. The number of benzene rings is 1. The van der Waals surface area contributed by atoms with Crippen molar-refractivity contribution in [2.45, 2.75) is 13.0 Å². The van der Waals surface area contributed by atoms with Crippen molar-refractivity contribution >= 4 is 11.0 Å². The minimum atomic E-state index is -0.182. The van der Waals surface area contributed by atoms with Crippen LogP contribution >= 0.6 is 0 Å². The van der Waals surface area contributed by atoms with E-state index in [-0.39, 0.29) is 5.56 Å². The van der Waals surface area contributed by atoms with Crippen LogP contribution in [0.1, 0.15) is 17.3 Å². The highest BCUT2D eigenvalue weighted by Crippen LogP contribution is 2.11. The number of nitrogens with zero attached hydrogens (tertiary/aromatic N) is 2. The van der Waals surface area contributed by atoms with Gasteiger partial charge < -0.3 is 14.7 Å². The number of methoxy groups -OCH3 is 1. The van der Waals surface area contributed by atoms with Crippen molar-refractivity contribution in [2.75, 3.05) is 7.11 Å². The normalized spacial score (nSPS) is 11.1. The summed E-state index contributed by atoms with van der Waals surface area (Å²) >= 11 is 0. The Labute approximate surface area is 114 Å². The molecule has 0 fully saturated rings. The van der Waals surface area contributed by atoms with Gasteiger partial charge in [-0.25, -0.2) is 9.97 Å². The van der Waals surface area contributed by atoms with Crippen molar-refractivity contribution in [2.24, 2.45) is 0 Å². The number of ether oxygens (including phenoxy) is 1. The van der Waals surface area contributed by atoms with Gasteiger partial charge in [0.05, 0.1) is 29.8 Å². The summed E-state index contributed by atoms with van der Waals surface area (Å²) in [5.41, 5.74) is 2.30. The lowest BCUT2D eigenvalue weighted by Gasteiger charge is -2.02. The fraction of sp³-hybridized carbons (Fsp3) is 0.214. The molecule has 0 amide bonds. The summed E-state index contributed by atoms with van der Waals surface area (Å²) in [6, 6.07) is 9.22. The van der Waals surface area contributed by atoms with Gasteiger partial charge in [0.2, 0.25) is 0 Å². The van der Waals surface area contributed by atoms with Crippen LogP contribution in [0.3, 0.4) is 0 Å². The Bertz CT molecular complexity index is 758. The second-order valence-corrected chi connectivity index (χ2v) is 4.49. The van der Waals surface area contributed by atoms with Crippen LogP contribution in [-0.2, 0) is 17.8 Å². The van der Waals surface area contributed by atoms with Gasteiger partial charge in [-0.05, 0) is 12.1 Å². The molecule has 0 spiro atoms. The molecule has 2 aromatic heterocycles. The minimum absolute atomic E-state index is 0.182. The van der Waals surface area contributed by atoms with Gasteiger partial charge in [-0.2, -0.15) is 0 Å². The lowest BCUT2D eigenvalue weighted by atomic mass is 10.3. The summed E-state index contributed by atoms with van der Waals surface area (Å²) in [5.74, 6) is 1.34. The highest BCUT2D eigenvalue weighted by atomic mass is 16.5. The van der Waals surface area contributed by atoms with Crippen LogP contribution in [0.25, 0.3) is 11.0 Å². The molecular weight excluding hydrogens is 256 g/mol. The highest BCUT2D eigenvalue weighted by molar-refractivity contribution is 5.74. The molecule has 0 radical (unpaired) electrons. The van der Waals surface area contributed by atoms with Crippen LogP contribution in [0, 0.1) is 0 Å². The van der Waals surface area contributed by atoms with Crippen LogP contribution in [0.5, 0.6) is 0 Å². The number of aromatic amines is 2. The smallest absolute Gasteiger partial charge is 0.251 e. The number of rotatable bonds is 4. The van der Waals surface area contributed by atoms with Gasteiger partial charge in [-0.3, -0.25) is 4.79 Å². The molecule has 0 aliphatic carbocycles. The molecule has 0 saturated heterocycles. The Morgan fingerprint density at radius 1 is 1.15 bits per heavy atom. The molecule has 0 aliphatic rings. The molecule has 3 rings (SSSR count). The number of fused-ring (bicyclic) bond motifs is 1. The molecule has 6 nitrogen and oxygen atoms in total. The molecule has 6 heteroatoms. The third-order valence-corrected chi connectivity index (χ3v) is 2.91. The van der Waals surface area contributed by atoms with Gasteiger partial charge in [-0.1, -0.05) is 12.1 Å². The molecule has 1 aromatic carbocycles. The maximum atomic E-state index is 11.6. The van der Waals surface area contributed by atoms with Crippen LogP contribution < -0.4 is 5.56 Å². The Kier molecular flexibility index (Phi) is 3.30. The first-order valence-electron chi connectivity index (χ1n) is 6.26. The molecule has 20 heavy (non-hydrogen) atoms. The first-order valence-corrected chi connectivity index (χ1v) is 6.26. The van der Waals surface area contributed by atoms with E-state index in [9.17, 15) is 4.79 Å². The third-order valence-electron chi connectivity index (χ3n) is 2.91. The van der Waals surface area contributed by atoms with Gasteiger partial charge in [-0.15, -0.1) is 0 Å². The zero-order valence-corrected chi connectivity index (χ0v) is 11.0.